The second-order valence-corrected chi connectivity index (χ2v) is 17.3. The Bertz CT molecular complexity index is 1170. The number of likely N-dealkylation sites (N-methyl/N-ethyl adjacent to an activating group) is 1. The molecule has 338 valence electrons. The highest BCUT2D eigenvalue weighted by Gasteiger charge is 2.21. The van der Waals surface area contributed by atoms with Crippen LogP contribution in [0.3, 0.4) is 0 Å². The van der Waals surface area contributed by atoms with Gasteiger partial charge in [0.1, 0.15) is 32.0 Å². The van der Waals surface area contributed by atoms with Gasteiger partial charge >= 0.3 is 11.9 Å². The summed E-state index contributed by atoms with van der Waals surface area (Å²) in [5, 5.41) is 18.0. The van der Waals surface area contributed by atoms with E-state index in [2.05, 4.69) is 35.8 Å². The van der Waals surface area contributed by atoms with E-state index in [-0.39, 0.29) is 38.3 Å². The lowest BCUT2D eigenvalue weighted by atomic mass is 10.1. The van der Waals surface area contributed by atoms with E-state index in [1.54, 1.807) is 0 Å². The number of hydrogen-bond donors (Lipinski definition) is 2. The Labute approximate surface area is 350 Å². The number of carbonyl (C=O) groups excluding carboxylic acids is 2. The highest BCUT2D eigenvalue weighted by molar-refractivity contribution is 7.45. The van der Waals surface area contributed by atoms with Crippen LogP contribution in [-0.4, -0.2) is 92.8 Å². The molecular formula is C44H80NO12P. The van der Waals surface area contributed by atoms with Gasteiger partial charge in [0.2, 0.25) is 0 Å². The van der Waals surface area contributed by atoms with Crippen LogP contribution in [0.25, 0.3) is 0 Å². The Balaban J connectivity index is 4.57. The second-order valence-electron chi connectivity index (χ2n) is 15.9. The molecule has 0 aromatic rings. The van der Waals surface area contributed by atoms with Crippen LogP contribution in [0.2, 0.25) is 0 Å². The molecule has 0 aliphatic heterocycles. The second kappa shape index (κ2) is 37.8. The van der Waals surface area contributed by atoms with Gasteiger partial charge in [-0.2, -0.15) is 0 Å². The zero-order valence-corrected chi connectivity index (χ0v) is 37.5. The van der Waals surface area contributed by atoms with Crippen LogP contribution in [0.4, 0.5) is 0 Å². The summed E-state index contributed by atoms with van der Waals surface area (Å²) in [5.74, 6) is -0.959. The fourth-order valence-electron chi connectivity index (χ4n) is 5.67. The number of hydrogen-bond acceptors (Lipinski definition) is 12. The molecule has 4 atom stereocenters. The molecule has 0 amide bonds. The van der Waals surface area contributed by atoms with Crippen LogP contribution in [0, 0.1) is 0 Å². The maximum Gasteiger partial charge on any atom is 0.306 e. The van der Waals surface area contributed by atoms with E-state index in [1.165, 1.54) is 0 Å². The van der Waals surface area contributed by atoms with Gasteiger partial charge in [-0.15, -0.1) is 0 Å². The number of esters is 2. The molecule has 3 unspecified atom stereocenters. The number of phosphoric acid groups is 1. The Morgan fingerprint density at radius 2 is 1.12 bits per heavy atom. The molecule has 0 aliphatic carbocycles. The number of nitrogens with zero attached hydrogens (tertiary/aromatic N) is 1. The third-order valence-electron chi connectivity index (χ3n) is 9.26. The largest absolute Gasteiger partial charge is 0.756 e. The summed E-state index contributed by atoms with van der Waals surface area (Å²) >= 11 is 0. The molecule has 0 rings (SSSR count). The predicted molar refractivity (Wildman–Crippen MR) is 228 cm³/mol. The van der Waals surface area contributed by atoms with Crippen molar-refractivity contribution in [3.63, 3.8) is 0 Å². The zero-order chi connectivity index (χ0) is 43.2. The summed E-state index contributed by atoms with van der Waals surface area (Å²) in [6, 6.07) is 0. The molecule has 0 heterocycles. The van der Waals surface area contributed by atoms with E-state index in [9.17, 15) is 19.0 Å². The minimum atomic E-state index is -4.67. The lowest BCUT2D eigenvalue weighted by molar-refractivity contribution is -0.870. The molecule has 58 heavy (non-hydrogen) atoms. The van der Waals surface area contributed by atoms with Crippen LogP contribution in [0.5, 0.6) is 0 Å². The van der Waals surface area contributed by atoms with E-state index < -0.39 is 32.5 Å². The lowest BCUT2D eigenvalue weighted by Gasteiger charge is -2.28. The first-order chi connectivity index (χ1) is 27.9. The van der Waals surface area contributed by atoms with Crippen molar-refractivity contribution < 1.29 is 62.3 Å². The fraction of sp³-hybridized carbons (Fsp3) is 0.773. The number of unbranched alkanes of at least 4 members (excludes halogenated alkanes) is 14. The first kappa shape index (κ1) is 55.8. The van der Waals surface area contributed by atoms with Gasteiger partial charge in [-0.1, -0.05) is 140 Å². The summed E-state index contributed by atoms with van der Waals surface area (Å²) in [7, 11) is 1.05. The standard InChI is InChI=1S/C44H80NO12P/c1-6-8-24-30-40(56-48)32-26-20-16-12-10-14-18-22-28-34-43(46)52-38-42(39-54-58(50,51)53-37-36-45(3,4)5)55-44(47)35-29-23-19-15-11-13-17-21-27-33-41(57-49)31-25-9-7-2/h16-17,20-21,26-27,32-33,40-42H,6-15,18-19,22-25,28-31,34-39H2,1-5H3,(H2-,48,49,50,51)/b20-16-,21-17-,32-26+,33-27+/t40?,41?,42-/m1/s1. The van der Waals surface area contributed by atoms with Crippen molar-refractivity contribution in [3.8, 4) is 0 Å². The molecule has 0 aromatic carbocycles. The Morgan fingerprint density at radius 3 is 1.60 bits per heavy atom. The molecule has 0 aromatic heterocycles. The number of rotatable bonds is 40. The smallest absolute Gasteiger partial charge is 0.306 e. The Hall–Kier alpha value is -2.19. The van der Waals surface area contributed by atoms with Crippen molar-refractivity contribution in [3.05, 3.63) is 48.6 Å². The van der Waals surface area contributed by atoms with Crippen LogP contribution in [0.15, 0.2) is 48.6 Å². The van der Waals surface area contributed by atoms with Crippen molar-refractivity contribution >= 4 is 19.8 Å². The monoisotopic (exact) mass is 846 g/mol. The number of phosphoric ester groups is 1. The van der Waals surface area contributed by atoms with Gasteiger partial charge in [-0.05, 0) is 51.4 Å². The Morgan fingerprint density at radius 1 is 0.638 bits per heavy atom. The van der Waals surface area contributed by atoms with E-state index in [0.29, 0.717) is 23.9 Å². The minimum Gasteiger partial charge on any atom is -0.756 e. The molecule has 0 saturated carbocycles. The number of carbonyl (C=O) groups is 2. The summed E-state index contributed by atoms with van der Waals surface area (Å²) < 4.78 is 33.8. The van der Waals surface area contributed by atoms with Gasteiger partial charge in [0.05, 0.1) is 27.7 Å². The summed E-state index contributed by atoms with van der Waals surface area (Å²) in [6.45, 7) is 3.82. The minimum absolute atomic E-state index is 0.0638. The topological polar surface area (TPSA) is 170 Å². The molecular weight excluding hydrogens is 765 g/mol. The summed E-state index contributed by atoms with van der Waals surface area (Å²) in [6.07, 6.45) is 33.3. The molecule has 0 radical (unpaired) electrons. The lowest BCUT2D eigenvalue weighted by Crippen LogP contribution is -2.37. The highest BCUT2D eigenvalue weighted by Crippen LogP contribution is 2.38. The van der Waals surface area contributed by atoms with Crippen molar-refractivity contribution in [2.75, 3.05) is 47.5 Å². The van der Waals surface area contributed by atoms with Crippen LogP contribution in [-0.2, 0) is 42.5 Å². The quantitative estimate of drug-likeness (QED) is 0.0114. The molecule has 0 fully saturated rings. The molecule has 0 saturated heterocycles. The van der Waals surface area contributed by atoms with Gasteiger partial charge < -0.3 is 27.9 Å². The Kier molecular flexibility index (Phi) is 36.4. The fourth-order valence-corrected chi connectivity index (χ4v) is 6.39. The first-order valence-electron chi connectivity index (χ1n) is 21.9. The molecule has 0 aliphatic rings. The van der Waals surface area contributed by atoms with Gasteiger partial charge in [0, 0.05) is 12.8 Å². The average Bonchev–Trinajstić information content (AvgIpc) is 3.18. The van der Waals surface area contributed by atoms with E-state index in [4.69, 9.17) is 29.0 Å². The molecule has 14 heteroatoms. The maximum absolute atomic E-state index is 12.7. The van der Waals surface area contributed by atoms with Gasteiger partial charge in [-0.25, -0.2) is 9.78 Å². The van der Waals surface area contributed by atoms with Crippen LogP contribution < -0.4 is 4.89 Å². The normalized spacial score (nSPS) is 15.1. The van der Waals surface area contributed by atoms with E-state index >= 15 is 0 Å². The third kappa shape index (κ3) is 38.0. The molecule has 0 spiro atoms. The summed E-state index contributed by atoms with van der Waals surface area (Å²) in [4.78, 5) is 46.6. The first-order valence-corrected chi connectivity index (χ1v) is 23.3. The SMILES string of the molecule is CCCCCC(/C=C/C=C\CCCCCCCC(=O)OC[C@H](COP(=O)([O-])OCC[N+](C)(C)C)OC(=O)CCCCCCC/C=C\C=C\C(CCCCC)OO)OO. The molecule has 0 bridgehead atoms. The van der Waals surface area contributed by atoms with Gasteiger partial charge in [0.15, 0.2) is 6.10 Å². The van der Waals surface area contributed by atoms with Crippen molar-refractivity contribution in [2.45, 2.75) is 173 Å². The van der Waals surface area contributed by atoms with E-state index in [0.717, 1.165) is 116 Å². The van der Waals surface area contributed by atoms with Crippen molar-refractivity contribution in [1.29, 1.82) is 0 Å². The van der Waals surface area contributed by atoms with Crippen LogP contribution >= 0.6 is 7.82 Å². The van der Waals surface area contributed by atoms with E-state index in [1.807, 2.05) is 57.6 Å². The van der Waals surface area contributed by atoms with Crippen LogP contribution in [0.1, 0.15) is 155 Å². The summed E-state index contributed by atoms with van der Waals surface area (Å²) in [5.41, 5.74) is 0. The third-order valence-corrected chi connectivity index (χ3v) is 10.2. The molecule has 2 N–H and O–H groups in total. The molecule has 13 nitrogen and oxygen atoms in total. The highest BCUT2D eigenvalue weighted by atomic mass is 31.2. The average molecular weight is 846 g/mol. The number of ether oxygens (including phenoxy) is 2. The maximum atomic E-state index is 12.7. The number of allylic oxidation sites excluding steroid dienone is 6. The van der Waals surface area contributed by atoms with Gasteiger partial charge in [0.25, 0.3) is 7.82 Å². The predicted octanol–water partition coefficient (Wildman–Crippen LogP) is 10.2. The van der Waals surface area contributed by atoms with Gasteiger partial charge in [-0.3, -0.25) is 24.7 Å². The number of quaternary nitrogens is 1. The zero-order valence-electron chi connectivity index (χ0n) is 36.6. The van der Waals surface area contributed by atoms with Crippen molar-refractivity contribution in [1.82, 2.24) is 0 Å². The van der Waals surface area contributed by atoms with Crippen molar-refractivity contribution in [2.24, 2.45) is 0 Å².